The molecule has 0 radical (unpaired) electrons. The zero-order valence-electron chi connectivity index (χ0n) is 23.7. The number of benzene rings is 2. The Morgan fingerprint density at radius 3 is 2.50 bits per heavy atom. The molecule has 2 heterocycles. The van der Waals surface area contributed by atoms with Gasteiger partial charge >= 0.3 is 5.97 Å². The van der Waals surface area contributed by atoms with E-state index in [1.165, 1.54) is 11.3 Å². The van der Waals surface area contributed by atoms with Gasteiger partial charge in [-0.2, -0.15) is 0 Å². The second-order valence-corrected chi connectivity index (χ2v) is 13.2. The Bertz CT molecular complexity index is 1590. The van der Waals surface area contributed by atoms with Gasteiger partial charge in [-0.3, -0.25) is 0 Å². The van der Waals surface area contributed by atoms with Crippen LogP contribution in [-0.2, 0) is 11.3 Å². The fraction of sp³-hybridized carbons (Fsp3) is 0.452. The van der Waals surface area contributed by atoms with E-state index in [-0.39, 0.29) is 17.8 Å². The quantitative estimate of drug-likeness (QED) is 0.186. The molecule has 11 heteroatoms. The first-order chi connectivity index (χ1) is 20.2. The summed E-state index contributed by atoms with van der Waals surface area (Å²) in [6, 6.07) is 8.98. The van der Waals surface area contributed by atoms with E-state index in [1.54, 1.807) is 12.1 Å². The summed E-state index contributed by atoms with van der Waals surface area (Å²) in [6.07, 6.45) is 5.93. The molecular formula is C31H33Cl2N3O5S. The van der Waals surface area contributed by atoms with E-state index in [2.05, 4.69) is 17.1 Å². The highest BCUT2D eigenvalue weighted by Crippen LogP contribution is 2.46. The van der Waals surface area contributed by atoms with Gasteiger partial charge < -0.3 is 24.0 Å². The number of nitrogens with zero attached hydrogens (tertiary/aromatic N) is 3. The van der Waals surface area contributed by atoms with E-state index in [4.69, 9.17) is 42.2 Å². The average molecular weight is 631 g/mol. The van der Waals surface area contributed by atoms with Gasteiger partial charge in [0.15, 0.2) is 5.13 Å². The highest BCUT2D eigenvalue weighted by atomic mass is 35.5. The fourth-order valence-corrected chi connectivity index (χ4v) is 7.24. The maximum atomic E-state index is 11.7. The van der Waals surface area contributed by atoms with Crippen molar-refractivity contribution in [1.82, 2.24) is 10.1 Å². The van der Waals surface area contributed by atoms with E-state index < -0.39 is 5.97 Å². The lowest BCUT2D eigenvalue weighted by molar-refractivity contribution is 0.0131. The number of carboxylic acid groups (broad SMARTS) is 1. The number of aromatic nitrogens is 2. The van der Waals surface area contributed by atoms with Gasteiger partial charge in [0.2, 0.25) is 0 Å². The molecule has 6 rings (SSSR count). The average Bonchev–Trinajstić information content (AvgIpc) is 3.57. The fourth-order valence-electron chi connectivity index (χ4n) is 5.61. The van der Waals surface area contributed by atoms with Crippen molar-refractivity contribution in [3.8, 4) is 17.0 Å². The molecule has 2 aliphatic carbocycles. The SMILES string of the molecule is CC(C)Oc1cc(C(=O)O)cc2sc(N(C)[C@H]3CC[C@@H](OCc4c(-c5c(Cl)cccc5Cl)noc4C4CC4)CC3)nc12. The van der Waals surface area contributed by atoms with Crippen LogP contribution < -0.4 is 9.64 Å². The Kier molecular flexibility index (Phi) is 8.37. The standard InChI is InChI=1S/C31H33Cl2N3O5S/c1-16(2)40-24-13-18(30(37)38)14-25-28(24)34-31(42-25)36(3)19-9-11-20(12-10-19)39-15-21-27(35-41-29(21)17-7-8-17)26-22(32)5-4-6-23(26)33/h4-6,13-14,16-17,19-20H,7-12,15H2,1-3H3,(H,37,38)/t19-,20+. The van der Waals surface area contributed by atoms with Gasteiger partial charge in [0.05, 0.1) is 39.1 Å². The first-order valence-electron chi connectivity index (χ1n) is 14.3. The van der Waals surface area contributed by atoms with Crippen molar-refractivity contribution in [2.45, 2.75) is 83.1 Å². The van der Waals surface area contributed by atoms with Gasteiger partial charge in [0, 0.05) is 30.1 Å². The molecule has 222 valence electrons. The summed E-state index contributed by atoms with van der Waals surface area (Å²) in [5.74, 6) is 0.786. The van der Waals surface area contributed by atoms with Gasteiger partial charge in [-0.25, -0.2) is 9.78 Å². The zero-order chi connectivity index (χ0) is 29.5. The molecule has 4 aromatic rings. The number of carboxylic acids is 1. The third-order valence-corrected chi connectivity index (χ3v) is 9.70. The molecule has 0 atom stereocenters. The summed E-state index contributed by atoms with van der Waals surface area (Å²) in [7, 11) is 2.06. The third kappa shape index (κ3) is 5.97. The molecule has 2 fully saturated rings. The molecule has 0 bridgehead atoms. The van der Waals surface area contributed by atoms with Crippen LogP contribution in [0.2, 0.25) is 10.0 Å². The first-order valence-corrected chi connectivity index (χ1v) is 15.9. The van der Waals surface area contributed by atoms with Crippen LogP contribution in [0.5, 0.6) is 5.75 Å². The van der Waals surface area contributed by atoms with Crippen molar-refractivity contribution >= 4 is 55.9 Å². The molecule has 0 spiro atoms. The molecule has 1 N–H and O–H groups in total. The molecule has 42 heavy (non-hydrogen) atoms. The van der Waals surface area contributed by atoms with E-state index in [0.29, 0.717) is 51.1 Å². The molecular weight excluding hydrogens is 597 g/mol. The number of carbonyl (C=O) groups is 1. The molecule has 0 saturated heterocycles. The number of thiazole rings is 1. The second kappa shape index (κ2) is 12.0. The van der Waals surface area contributed by atoms with Crippen LogP contribution in [0.4, 0.5) is 5.13 Å². The zero-order valence-corrected chi connectivity index (χ0v) is 26.1. The highest BCUT2D eigenvalue weighted by Gasteiger charge is 2.34. The minimum absolute atomic E-state index is 0.0914. The Morgan fingerprint density at radius 1 is 1.14 bits per heavy atom. The minimum atomic E-state index is -0.982. The molecule has 0 aliphatic heterocycles. The van der Waals surface area contributed by atoms with E-state index >= 15 is 0 Å². The normalized spacial score (nSPS) is 19.0. The molecule has 2 saturated carbocycles. The number of hydrogen-bond acceptors (Lipinski definition) is 8. The van der Waals surface area contributed by atoms with Crippen LogP contribution in [0.25, 0.3) is 21.5 Å². The number of anilines is 1. The van der Waals surface area contributed by atoms with Crippen LogP contribution in [0.1, 0.15) is 80.0 Å². The molecule has 2 aromatic heterocycles. The molecule has 2 aromatic carbocycles. The molecule has 8 nitrogen and oxygen atoms in total. The lowest BCUT2D eigenvalue weighted by Gasteiger charge is -2.34. The van der Waals surface area contributed by atoms with Gasteiger partial charge in [-0.1, -0.05) is 45.8 Å². The lowest BCUT2D eigenvalue weighted by Crippen LogP contribution is -2.37. The van der Waals surface area contributed by atoms with Crippen molar-refractivity contribution in [2.24, 2.45) is 0 Å². The maximum Gasteiger partial charge on any atom is 0.335 e. The lowest BCUT2D eigenvalue weighted by atomic mass is 9.92. The number of halogens is 2. The summed E-state index contributed by atoms with van der Waals surface area (Å²) in [5, 5.41) is 15.9. The minimum Gasteiger partial charge on any atom is -0.489 e. The highest BCUT2D eigenvalue weighted by molar-refractivity contribution is 7.22. The number of rotatable bonds is 10. The number of aromatic carboxylic acids is 1. The van der Waals surface area contributed by atoms with E-state index in [0.717, 1.165) is 59.7 Å². The van der Waals surface area contributed by atoms with Crippen molar-refractivity contribution in [3.05, 3.63) is 57.3 Å². The molecule has 0 unspecified atom stereocenters. The Balaban J connectivity index is 1.13. The largest absolute Gasteiger partial charge is 0.489 e. The predicted octanol–water partition coefficient (Wildman–Crippen LogP) is 8.59. The van der Waals surface area contributed by atoms with Crippen LogP contribution in [0.3, 0.4) is 0 Å². The Morgan fingerprint density at radius 2 is 1.86 bits per heavy atom. The predicted molar refractivity (Wildman–Crippen MR) is 166 cm³/mol. The number of hydrogen-bond donors (Lipinski definition) is 1. The Hall–Kier alpha value is -2.85. The summed E-state index contributed by atoms with van der Waals surface area (Å²) in [4.78, 5) is 18.8. The first kappa shape index (κ1) is 29.2. The smallest absolute Gasteiger partial charge is 0.335 e. The van der Waals surface area contributed by atoms with E-state index in [1.807, 2.05) is 32.0 Å². The summed E-state index contributed by atoms with van der Waals surface area (Å²) >= 11 is 14.5. The maximum absolute atomic E-state index is 11.7. The van der Waals surface area contributed by atoms with Gasteiger partial charge in [-0.15, -0.1) is 0 Å². The van der Waals surface area contributed by atoms with Gasteiger partial charge in [0.1, 0.15) is 22.7 Å². The third-order valence-electron chi connectivity index (χ3n) is 7.98. The topological polar surface area (TPSA) is 97.9 Å². The van der Waals surface area contributed by atoms with Crippen LogP contribution >= 0.6 is 34.5 Å². The van der Waals surface area contributed by atoms with Gasteiger partial charge in [0.25, 0.3) is 0 Å². The molecule has 2 aliphatic rings. The summed E-state index contributed by atoms with van der Waals surface area (Å²) < 4.78 is 19.0. The van der Waals surface area contributed by atoms with Crippen LogP contribution in [-0.4, -0.2) is 46.5 Å². The molecule has 0 amide bonds. The summed E-state index contributed by atoms with van der Waals surface area (Å²) in [6.45, 7) is 4.24. The van der Waals surface area contributed by atoms with Crippen LogP contribution in [0, 0.1) is 0 Å². The van der Waals surface area contributed by atoms with Crippen molar-refractivity contribution in [3.63, 3.8) is 0 Å². The van der Waals surface area contributed by atoms with Crippen molar-refractivity contribution in [1.29, 1.82) is 0 Å². The number of ether oxygens (including phenoxy) is 2. The van der Waals surface area contributed by atoms with Crippen molar-refractivity contribution < 1.29 is 23.9 Å². The summed E-state index contributed by atoms with van der Waals surface area (Å²) in [5.41, 5.74) is 3.21. The monoisotopic (exact) mass is 629 g/mol. The van der Waals surface area contributed by atoms with E-state index in [9.17, 15) is 9.90 Å². The van der Waals surface area contributed by atoms with Gasteiger partial charge in [-0.05, 0) is 76.6 Å². The Labute approximate surface area is 258 Å². The second-order valence-electron chi connectivity index (χ2n) is 11.4. The van der Waals surface area contributed by atoms with Crippen molar-refractivity contribution in [2.75, 3.05) is 11.9 Å². The van der Waals surface area contributed by atoms with Crippen LogP contribution in [0.15, 0.2) is 34.9 Å². The number of fused-ring (bicyclic) bond motifs is 1.